The number of nitrogens with zero attached hydrogens (tertiary/aromatic N) is 4. The molecule has 2 heterocycles. The standard InChI is InChI=1S/C16H15ClN6O2S2/c1-2-14-21-22-15(27-14)19-13(25)8-26-16-20-12(24)7-11(18)23(16)10-5-3-9(17)4-6-10/h3-7H,2,8,18H2,1H3,(H,19,22,25). The Morgan fingerprint density at radius 2 is 2.07 bits per heavy atom. The molecule has 0 unspecified atom stereocenters. The Hall–Kier alpha value is -2.43. The number of nitrogens with two attached hydrogens (primary N) is 1. The lowest BCUT2D eigenvalue weighted by molar-refractivity contribution is -0.113. The maximum absolute atomic E-state index is 12.2. The number of thioether (sulfide) groups is 1. The summed E-state index contributed by atoms with van der Waals surface area (Å²) in [6.07, 6.45) is 0.753. The summed E-state index contributed by atoms with van der Waals surface area (Å²) in [7, 11) is 0. The first-order valence-electron chi connectivity index (χ1n) is 7.87. The van der Waals surface area contributed by atoms with E-state index in [0.29, 0.717) is 21.0 Å². The normalized spacial score (nSPS) is 10.7. The molecule has 0 saturated carbocycles. The summed E-state index contributed by atoms with van der Waals surface area (Å²) in [5.74, 6) is -0.0279. The second-order valence-corrected chi connectivity index (χ2v) is 7.75. The van der Waals surface area contributed by atoms with Gasteiger partial charge in [0.05, 0.1) is 5.75 Å². The minimum atomic E-state index is -0.475. The molecule has 0 saturated heterocycles. The highest BCUT2D eigenvalue weighted by Gasteiger charge is 2.14. The third-order valence-electron chi connectivity index (χ3n) is 3.36. The van der Waals surface area contributed by atoms with Crippen LogP contribution in [0.2, 0.25) is 5.02 Å². The summed E-state index contributed by atoms with van der Waals surface area (Å²) in [5, 5.41) is 12.7. The molecular weight excluding hydrogens is 408 g/mol. The summed E-state index contributed by atoms with van der Waals surface area (Å²) in [6, 6.07) is 8.14. The van der Waals surface area contributed by atoms with Crippen molar-refractivity contribution in [1.82, 2.24) is 19.7 Å². The molecule has 0 aliphatic carbocycles. The summed E-state index contributed by atoms with van der Waals surface area (Å²) in [5.41, 5.74) is 6.21. The molecule has 1 amide bonds. The van der Waals surface area contributed by atoms with Crippen molar-refractivity contribution in [1.29, 1.82) is 0 Å². The Balaban J connectivity index is 1.78. The van der Waals surface area contributed by atoms with Crippen molar-refractivity contribution in [2.24, 2.45) is 0 Å². The third-order valence-corrected chi connectivity index (χ3v) is 5.53. The number of aromatic nitrogens is 4. The van der Waals surface area contributed by atoms with E-state index in [2.05, 4.69) is 20.5 Å². The van der Waals surface area contributed by atoms with Crippen LogP contribution in [0.15, 0.2) is 40.3 Å². The molecule has 0 spiro atoms. The van der Waals surface area contributed by atoms with Gasteiger partial charge >= 0.3 is 0 Å². The molecule has 140 valence electrons. The third kappa shape index (κ3) is 4.85. The first-order valence-corrected chi connectivity index (χ1v) is 10.0. The lowest BCUT2D eigenvalue weighted by Gasteiger charge is -2.14. The lowest BCUT2D eigenvalue weighted by atomic mass is 10.3. The zero-order valence-electron chi connectivity index (χ0n) is 14.2. The van der Waals surface area contributed by atoms with E-state index in [1.807, 2.05) is 6.92 Å². The van der Waals surface area contributed by atoms with Crippen LogP contribution in [-0.4, -0.2) is 31.4 Å². The first kappa shape index (κ1) is 19.3. The minimum Gasteiger partial charge on any atom is -0.385 e. The number of rotatable bonds is 6. The van der Waals surface area contributed by atoms with Gasteiger partial charge in [0.15, 0.2) is 5.16 Å². The topological polar surface area (TPSA) is 116 Å². The SMILES string of the molecule is CCc1nnc(NC(=O)CSc2nc(=O)cc(N)n2-c2ccc(Cl)cc2)s1. The quantitative estimate of drug-likeness (QED) is 0.463. The number of anilines is 2. The van der Waals surface area contributed by atoms with Crippen molar-refractivity contribution < 1.29 is 4.79 Å². The van der Waals surface area contributed by atoms with Gasteiger partial charge in [-0.3, -0.25) is 19.5 Å². The molecular formula is C16H15ClN6O2S2. The van der Waals surface area contributed by atoms with Gasteiger partial charge in [-0.25, -0.2) is 0 Å². The fraction of sp³-hybridized carbons (Fsp3) is 0.188. The van der Waals surface area contributed by atoms with E-state index >= 15 is 0 Å². The number of halogens is 1. The highest BCUT2D eigenvalue weighted by Crippen LogP contribution is 2.24. The summed E-state index contributed by atoms with van der Waals surface area (Å²) < 4.78 is 1.59. The van der Waals surface area contributed by atoms with Crippen molar-refractivity contribution in [2.45, 2.75) is 18.5 Å². The van der Waals surface area contributed by atoms with E-state index in [9.17, 15) is 9.59 Å². The van der Waals surface area contributed by atoms with Crippen LogP contribution in [-0.2, 0) is 11.2 Å². The van der Waals surface area contributed by atoms with Gasteiger partial charge in [-0.2, -0.15) is 4.98 Å². The molecule has 1 aromatic carbocycles. The Labute approximate surface area is 167 Å². The second-order valence-electron chi connectivity index (χ2n) is 5.31. The lowest BCUT2D eigenvalue weighted by Crippen LogP contribution is -2.19. The van der Waals surface area contributed by atoms with Crippen molar-refractivity contribution in [3.63, 3.8) is 0 Å². The molecule has 0 aliphatic heterocycles. The number of nitrogens with one attached hydrogen (secondary N) is 1. The van der Waals surface area contributed by atoms with Crippen molar-refractivity contribution >= 4 is 51.6 Å². The molecule has 0 atom stereocenters. The van der Waals surface area contributed by atoms with Gasteiger partial charge in [0.2, 0.25) is 11.0 Å². The highest BCUT2D eigenvalue weighted by molar-refractivity contribution is 7.99. The summed E-state index contributed by atoms with van der Waals surface area (Å²) in [4.78, 5) is 27.9. The van der Waals surface area contributed by atoms with Crippen molar-refractivity contribution in [2.75, 3.05) is 16.8 Å². The number of amides is 1. The van der Waals surface area contributed by atoms with E-state index in [-0.39, 0.29) is 17.5 Å². The number of nitrogen functional groups attached to an aromatic ring is 1. The molecule has 8 nitrogen and oxygen atoms in total. The Kier molecular flexibility index (Phi) is 6.09. The number of carbonyl (C=O) groups excluding carboxylic acids is 1. The zero-order chi connectivity index (χ0) is 19.4. The Morgan fingerprint density at radius 3 is 2.74 bits per heavy atom. The van der Waals surface area contributed by atoms with Gasteiger partial charge in [0.1, 0.15) is 10.8 Å². The Morgan fingerprint density at radius 1 is 1.33 bits per heavy atom. The fourth-order valence-corrected chi connectivity index (χ4v) is 3.81. The highest BCUT2D eigenvalue weighted by atomic mass is 35.5. The zero-order valence-corrected chi connectivity index (χ0v) is 16.6. The number of aryl methyl sites for hydroxylation is 1. The Bertz CT molecular complexity index is 1020. The molecule has 0 fully saturated rings. The molecule has 3 rings (SSSR count). The maximum atomic E-state index is 12.2. The van der Waals surface area contributed by atoms with E-state index in [4.69, 9.17) is 17.3 Å². The van der Waals surface area contributed by atoms with Gasteiger partial charge in [0, 0.05) is 16.8 Å². The van der Waals surface area contributed by atoms with E-state index in [1.54, 1.807) is 28.8 Å². The van der Waals surface area contributed by atoms with E-state index < -0.39 is 5.56 Å². The van der Waals surface area contributed by atoms with Gasteiger partial charge < -0.3 is 5.73 Å². The van der Waals surface area contributed by atoms with Crippen molar-refractivity contribution in [3.8, 4) is 5.69 Å². The van der Waals surface area contributed by atoms with Crippen molar-refractivity contribution in [3.05, 3.63) is 50.7 Å². The van der Waals surface area contributed by atoms with Crippen LogP contribution in [0.5, 0.6) is 0 Å². The van der Waals surface area contributed by atoms with Crippen LogP contribution in [0.1, 0.15) is 11.9 Å². The van der Waals surface area contributed by atoms with Gasteiger partial charge in [-0.05, 0) is 30.7 Å². The van der Waals surface area contributed by atoms with Gasteiger partial charge in [-0.15, -0.1) is 10.2 Å². The first-order chi connectivity index (χ1) is 13.0. The molecule has 0 radical (unpaired) electrons. The second kappa shape index (κ2) is 8.51. The molecule has 2 aromatic heterocycles. The number of hydrogen-bond donors (Lipinski definition) is 2. The molecule has 3 aromatic rings. The number of hydrogen-bond acceptors (Lipinski definition) is 8. The van der Waals surface area contributed by atoms with Crippen LogP contribution in [0, 0.1) is 0 Å². The fourth-order valence-electron chi connectivity index (χ4n) is 2.16. The molecule has 0 aliphatic rings. The van der Waals surface area contributed by atoms with Gasteiger partial charge in [0.25, 0.3) is 5.56 Å². The monoisotopic (exact) mass is 422 g/mol. The molecule has 3 N–H and O–H groups in total. The predicted molar refractivity (Wildman–Crippen MR) is 108 cm³/mol. The molecule has 27 heavy (non-hydrogen) atoms. The predicted octanol–water partition coefficient (Wildman–Crippen LogP) is 2.61. The van der Waals surface area contributed by atoms with Crippen LogP contribution in [0.25, 0.3) is 5.69 Å². The smallest absolute Gasteiger partial charge is 0.275 e. The van der Waals surface area contributed by atoms with E-state index in [1.165, 1.54) is 17.4 Å². The summed E-state index contributed by atoms with van der Waals surface area (Å²) in [6.45, 7) is 1.96. The molecule has 11 heteroatoms. The largest absolute Gasteiger partial charge is 0.385 e. The van der Waals surface area contributed by atoms with Crippen LogP contribution in [0.4, 0.5) is 10.9 Å². The summed E-state index contributed by atoms with van der Waals surface area (Å²) >= 11 is 8.34. The van der Waals surface area contributed by atoms with Crippen LogP contribution < -0.4 is 16.6 Å². The van der Waals surface area contributed by atoms with E-state index in [0.717, 1.165) is 23.2 Å². The average molecular weight is 423 g/mol. The molecule has 0 bridgehead atoms. The van der Waals surface area contributed by atoms with Gasteiger partial charge in [-0.1, -0.05) is 41.6 Å². The minimum absolute atomic E-state index is 0.0323. The van der Waals surface area contributed by atoms with Crippen LogP contribution >= 0.6 is 34.7 Å². The number of benzene rings is 1. The average Bonchev–Trinajstić information content (AvgIpc) is 3.08. The number of carbonyl (C=O) groups is 1. The maximum Gasteiger partial charge on any atom is 0.275 e. The van der Waals surface area contributed by atoms with Crippen LogP contribution in [0.3, 0.4) is 0 Å².